The van der Waals surface area contributed by atoms with Crippen LogP contribution in [0.25, 0.3) is 5.57 Å². The van der Waals surface area contributed by atoms with Crippen LogP contribution in [-0.2, 0) is 16.0 Å². The van der Waals surface area contributed by atoms with E-state index < -0.39 is 23.5 Å². The standard InChI is InChI=1S/C26H32F2N2O3/c1-4-6-12-30(13-7-5-2)24-11-9-19(18(3)14-26(32)33)15-23(24)29-25(31)16-20-8-10-21(27)17-22(20)28/h8-11,14-15,17H,4-7,12-13,16H2,1-3H3,(H,29,31)(H,32,33)/b18-14+. The summed E-state index contributed by atoms with van der Waals surface area (Å²) in [6, 6.07) is 8.60. The number of hydrogen-bond donors (Lipinski definition) is 2. The van der Waals surface area contributed by atoms with Crippen LogP contribution in [0.3, 0.4) is 0 Å². The van der Waals surface area contributed by atoms with Gasteiger partial charge in [0, 0.05) is 25.2 Å². The molecule has 0 aliphatic heterocycles. The topological polar surface area (TPSA) is 69.6 Å². The fourth-order valence-electron chi connectivity index (χ4n) is 3.51. The molecule has 2 rings (SSSR count). The molecule has 0 bridgehead atoms. The van der Waals surface area contributed by atoms with Crippen molar-refractivity contribution in [2.24, 2.45) is 0 Å². The number of carboxylic acids is 1. The molecule has 33 heavy (non-hydrogen) atoms. The smallest absolute Gasteiger partial charge is 0.328 e. The van der Waals surface area contributed by atoms with Crippen LogP contribution in [0, 0.1) is 11.6 Å². The molecular weight excluding hydrogens is 426 g/mol. The molecule has 0 aromatic heterocycles. The molecule has 0 radical (unpaired) electrons. The van der Waals surface area contributed by atoms with Gasteiger partial charge < -0.3 is 15.3 Å². The number of amides is 1. The Kier molecular flexibility index (Phi) is 10.0. The molecule has 1 amide bonds. The minimum Gasteiger partial charge on any atom is -0.478 e. The Hall–Kier alpha value is -3.22. The van der Waals surface area contributed by atoms with Crippen LogP contribution in [0.5, 0.6) is 0 Å². The second kappa shape index (κ2) is 12.7. The Labute approximate surface area is 194 Å². The van der Waals surface area contributed by atoms with E-state index in [0.717, 1.165) is 62.7 Å². The zero-order valence-electron chi connectivity index (χ0n) is 19.5. The maximum absolute atomic E-state index is 14.0. The Bertz CT molecular complexity index is 997. The van der Waals surface area contributed by atoms with Gasteiger partial charge in [-0.3, -0.25) is 4.79 Å². The minimum absolute atomic E-state index is 0.0994. The summed E-state index contributed by atoms with van der Waals surface area (Å²) >= 11 is 0. The SMILES string of the molecule is CCCCN(CCCC)c1ccc(/C(C)=C/C(=O)O)cc1NC(=O)Cc1ccc(F)cc1F. The van der Waals surface area contributed by atoms with E-state index in [1.807, 2.05) is 12.1 Å². The average Bonchev–Trinajstić information content (AvgIpc) is 2.75. The zero-order chi connectivity index (χ0) is 24.4. The molecule has 0 unspecified atom stereocenters. The van der Waals surface area contributed by atoms with Crippen molar-refractivity contribution in [1.82, 2.24) is 0 Å². The largest absolute Gasteiger partial charge is 0.478 e. The number of carbonyl (C=O) groups is 2. The second-order valence-electron chi connectivity index (χ2n) is 8.05. The van der Waals surface area contributed by atoms with Crippen molar-refractivity contribution >= 4 is 28.8 Å². The highest BCUT2D eigenvalue weighted by Gasteiger charge is 2.16. The third-order valence-corrected chi connectivity index (χ3v) is 5.34. The highest BCUT2D eigenvalue weighted by molar-refractivity contribution is 5.97. The lowest BCUT2D eigenvalue weighted by molar-refractivity contribution is -0.131. The van der Waals surface area contributed by atoms with Crippen LogP contribution in [0.1, 0.15) is 57.6 Å². The lowest BCUT2D eigenvalue weighted by atomic mass is 10.0. The summed E-state index contributed by atoms with van der Waals surface area (Å²) in [5, 5.41) is 12.0. The lowest BCUT2D eigenvalue weighted by Crippen LogP contribution is -2.27. The van der Waals surface area contributed by atoms with Crippen LogP contribution >= 0.6 is 0 Å². The van der Waals surface area contributed by atoms with E-state index in [2.05, 4.69) is 24.1 Å². The number of benzene rings is 2. The maximum atomic E-state index is 14.0. The highest BCUT2D eigenvalue weighted by atomic mass is 19.1. The average molecular weight is 459 g/mol. The summed E-state index contributed by atoms with van der Waals surface area (Å²) in [6.45, 7) is 7.54. The van der Waals surface area contributed by atoms with Crippen LogP contribution in [-0.4, -0.2) is 30.1 Å². The molecule has 7 heteroatoms. The molecule has 0 atom stereocenters. The van der Waals surface area contributed by atoms with Gasteiger partial charge in [-0.25, -0.2) is 13.6 Å². The fraction of sp³-hybridized carbons (Fsp3) is 0.385. The predicted molar refractivity (Wildman–Crippen MR) is 128 cm³/mol. The van der Waals surface area contributed by atoms with Crippen molar-refractivity contribution in [3.05, 3.63) is 65.2 Å². The number of nitrogens with one attached hydrogen (secondary N) is 1. The first-order valence-electron chi connectivity index (χ1n) is 11.3. The van der Waals surface area contributed by atoms with Gasteiger partial charge in [-0.1, -0.05) is 38.8 Å². The van der Waals surface area contributed by atoms with Crippen LogP contribution in [0.15, 0.2) is 42.5 Å². The molecule has 0 aliphatic rings. The van der Waals surface area contributed by atoms with Gasteiger partial charge in [0.2, 0.25) is 5.91 Å². The van der Waals surface area contributed by atoms with Crippen molar-refractivity contribution < 1.29 is 23.5 Å². The van der Waals surface area contributed by atoms with E-state index in [1.165, 1.54) is 6.07 Å². The molecule has 0 aliphatic carbocycles. The molecule has 0 spiro atoms. The molecule has 2 aromatic rings. The number of rotatable bonds is 12. The number of carboxylic acid groups (broad SMARTS) is 1. The van der Waals surface area contributed by atoms with Gasteiger partial charge in [0.1, 0.15) is 11.6 Å². The van der Waals surface area contributed by atoms with Gasteiger partial charge in [-0.15, -0.1) is 0 Å². The minimum atomic E-state index is -1.05. The number of nitrogens with zero attached hydrogens (tertiary/aromatic N) is 1. The summed E-state index contributed by atoms with van der Waals surface area (Å²) < 4.78 is 27.2. The summed E-state index contributed by atoms with van der Waals surface area (Å²) in [5.41, 5.74) is 2.67. The van der Waals surface area contributed by atoms with Crippen molar-refractivity contribution in [3.8, 4) is 0 Å². The summed E-state index contributed by atoms with van der Waals surface area (Å²) in [5.74, 6) is -2.96. The number of halogens is 2. The molecule has 0 saturated heterocycles. The van der Waals surface area contributed by atoms with E-state index in [-0.39, 0.29) is 12.0 Å². The van der Waals surface area contributed by atoms with Crippen molar-refractivity contribution in [3.63, 3.8) is 0 Å². The van der Waals surface area contributed by atoms with Gasteiger partial charge in [0.05, 0.1) is 17.8 Å². The maximum Gasteiger partial charge on any atom is 0.328 e. The van der Waals surface area contributed by atoms with Gasteiger partial charge in [0.25, 0.3) is 0 Å². The summed E-state index contributed by atoms with van der Waals surface area (Å²) in [4.78, 5) is 26.1. The molecule has 5 nitrogen and oxygen atoms in total. The third kappa shape index (κ3) is 8.00. The van der Waals surface area contributed by atoms with Crippen molar-refractivity contribution in [2.45, 2.75) is 52.9 Å². The normalized spacial score (nSPS) is 11.4. The number of hydrogen-bond acceptors (Lipinski definition) is 3. The molecule has 0 heterocycles. The first-order chi connectivity index (χ1) is 15.7. The quantitative estimate of drug-likeness (QED) is 0.381. The Morgan fingerprint density at radius 3 is 2.27 bits per heavy atom. The first-order valence-corrected chi connectivity index (χ1v) is 11.3. The predicted octanol–water partition coefficient (Wildman–Crippen LogP) is 6.04. The summed E-state index contributed by atoms with van der Waals surface area (Å²) in [6.07, 6.45) is 4.87. The van der Waals surface area contributed by atoms with E-state index in [9.17, 15) is 18.4 Å². The van der Waals surface area contributed by atoms with E-state index in [0.29, 0.717) is 16.8 Å². The van der Waals surface area contributed by atoms with Crippen LogP contribution in [0.2, 0.25) is 0 Å². The van der Waals surface area contributed by atoms with E-state index >= 15 is 0 Å². The molecule has 2 aromatic carbocycles. The molecule has 2 N–H and O–H groups in total. The first kappa shape index (κ1) is 26.0. The monoisotopic (exact) mass is 458 g/mol. The lowest BCUT2D eigenvalue weighted by Gasteiger charge is -2.28. The third-order valence-electron chi connectivity index (χ3n) is 5.34. The highest BCUT2D eigenvalue weighted by Crippen LogP contribution is 2.31. The van der Waals surface area contributed by atoms with Crippen LogP contribution < -0.4 is 10.2 Å². The van der Waals surface area contributed by atoms with E-state index in [1.54, 1.807) is 13.0 Å². The van der Waals surface area contributed by atoms with E-state index in [4.69, 9.17) is 5.11 Å². The number of anilines is 2. The van der Waals surface area contributed by atoms with Gasteiger partial charge >= 0.3 is 5.97 Å². The summed E-state index contributed by atoms with van der Waals surface area (Å²) in [7, 11) is 0. The molecule has 0 saturated carbocycles. The van der Waals surface area contributed by atoms with Crippen molar-refractivity contribution in [2.75, 3.05) is 23.3 Å². The number of allylic oxidation sites excluding steroid dienone is 1. The molecular formula is C26H32F2N2O3. The Balaban J connectivity index is 2.40. The number of unbranched alkanes of at least 4 members (excludes halogenated alkanes) is 2. The zero-order valence-corrected chi connectivity index (χ0v) is 19.5. The van der Waals surface area contributed by atoms with Gasteiger partial charge in [-0.05, 0) is 54.7 Å². The van der Waals surface area contributed by atoms with Gasteiger partial charge in [-0.2, -0.15) is 0 Å². The van der Waals surface area contributed by atoms with Crippen LogP contribution in [0.4, 0.5) is 20.2 Å². The molecule has 0 fully saturated rings. The number of aliphatic carboxylic acids is 1. The molecule has 178 valence electrons. The van der Waals surface area contributed by atoms with Crippen molar-refractivity contribution in [1.29, 1.82) is 0 Å². The van der Waals surface area contributed by atoms with Gasteiger partial charge in [0.15, 0.2) is 0 Å². The fourth-order valence-corrected chi connectivity index (χ4v) is 3.51. The second-order valence-corrected chi connectivity index (χ2v) is 8.05. The Morgan fingerprint density at radius 1 is 1.03 bits per heavy atom. The number of carbonyl (C=O) groups excluding carboxylic acids is 1. The Morgan fingerprint density at radius 2 is 1.70 bits per heavy atom.